The van der Waals surface area contributed by atoms with Crippen LogP contribution in [0.5, 0.6) is 0 Å². The van der Waals surface area contributed by atoms with Crippen LogP contribution in [0.2, 0.25) is 0 Å². The van der Waals surface area contributed by atoms with Crippen molar-refractivity contribution in [1.82, 2.24) is 4.90 Å². The van der Waals surface area contributed by atoms with Gasteiger partial charge in [0.25, 0.3) is 5.91 Å². The number of primary amides is 1. The normalized spacial score (nSPS) is 18.3. The lowest BCUT2D eigenvalue weighted by Crippen LogP contribution is -2.51. The van der Waals surface area contributed by atoms with E-state index in [0.717, 1.165) is 18.4 Å². The van der Waals surface area contributed by atoms with E-state index in [4.69, 9.17) is 10.5 Å². The standard InChI is InChI=1S/C14H18N2O4S/c1-9-5-7-21-12(9)14(19)20-8-11(17)16-6-3-2-4-10(16)13(15)18/h5,7,10H,2-4,6,8H2,1H3,(H2,15,18)/t10-/m1/s1. The van der Waals surface area contributed by atoms with Crippen molar-refractivity contribution < 1.29 is 19.1 Å². The Hall–Kier alpha value is -1.89. The van der Waals surface area contributed by atoms with Gasteiger partial charge in [0, 0.05) is 6.54 Å². The van der Waals surface area contributed by atoms with Crippen molar-refractivity contribution in [3.05, 3.63) is 21.9 Å². The molecular weight excluding hydrogens is 292 g/mol. The summed E-state index contributed by atoms with van der Waals surface area (Å²) in [5, 5.41) is 1.79. The first-order valence-corrected chi connectivity index (χ1v) is 7.68. The third kappa shape index (κ3) is 3.60. The molecule has 1 aromatic rings. The third-order valence-electron chi connectivity index (χ3n) is 3.53. The van der Waals surface area contributed by atoms with Gasteiger partial charge >= 0.3 is 5.97 Å². The number of thiophene rings is 1. The predicted molar refractivity (Wildman–Crippen MR) is 77.9 cm³/mol. The number of carbonyl (C=O) groups excluding carboxylic acids is 3. The number of likely N-dealkylation sites (tertiary alicyclic amines) is 1. The molecule has 0 radical (unpaired) electrons. The van der Waals surface area contributed by atoms with E-state index in [9.17, 15) is 14.4 Å². The van der Waals surface area contributed by atoms with E-state index in [1.807, 2.05) is 13.0 Å². The van der Waals surface area contributed by atoms with Crippen LogP contribution < -0.4 is 5.73 Å². The third-order valence-corrected chi connectivity index (χ3v) is 4.52. The lowest BCUT2D eigenvalue weighted by Gasteiger charge is -2.33. The Morgan fingerprint density at radius 1 is 1.43 bits per heavy atom. The fourth-order valence-corrected chi connectivity index (χ4v) is 3.20. The molecule has 114 valence electrons. The molecule has 1 aromatic heterocycles. The SMILES string of the molecule is Cc1ccsc1C(=O)OCC(=O)N1CCCC[C@@H]1C(N)=O. The fraction of sp³-hybridized carbons (Fsp3) is 0.500. The molecule has 2 N–H and O–H groups in total. The van der Waals surface area contributed by atoms with Crippen molar-refractivity contribution in [3.8, 4) is 0 Å². The van der Waals surface area contributed by atoms with E-state index in [1.165, 1.54) is 16.2 Å². The number of nitrogens with zero attached hydrogens (tertiary/aromatic N) is 1. The van der Waals surface area contributed by atoms with Crippen molar-refractivity contribution in [2.45, 2.75) is 32.2 Å². The molecule has 21 heavy (non-hydrogen) atoms. The molecule has 1 aliphatic heterocycles. The maximum Gasteiger partial charge on any atom is 0.349 e. The first kappa shape index (κ1) is 15.5. The second-order valence-electron chi connectivity index (χ2n) is 5.01. The fourth-order valence-electron chi connectivity index (χ4n) is 2.38. The van der Waals surface area contributed by atoms with E-state index in [1.54, 1.807) is 5.38 Å². The van der Waals surface area contributed by atoms with E-state index in [2.05, 4.69) is 0 Å². The van der Waals surface area contributed by atoms with Gasteiger partial charge in [-0.05, 0) is 43.2 Å². The second kappa shape index (κ2) is 6.71. The highest BCUT2D eigenvalue weighted by atomic mass is 32.1. The van der Waals surface area contributed by atoms with Crippen LogP contribution in [0.25, 0.3) is 0 Å². The lowest BCUT2D eigenvalue weighted by molar-refractivity contribution is -0.143. The van der Waals surface area contributed by atoms with E-state index < -0.39 is 17.9 Å². The van der Waals surface area contributed by atoms with Crippen LogP contribution in [0.1, 0.15) is 34.5 Å². The summed E-state index contributed by atoms with van der Waals surface area (Å²) in [5.41, 5.74) is 6.13. The predicted octanol–water partition coefficient (Wildman–Crippen LogP) is 1.08. The molecule has 7 heteroatoms. The molecule has 2 rings (SSSR count). The van der Waals surface area contributed by atoms with Gasteiger partial charge in [0.15, 0.2) is 6.61 Å². The summed E-state index contributed by atoms with van der Waals surface area (Å²) in [6.45, 7) is 1.92. The van der Waals surface area contributed by atoms with Gasteiger partial charge in [-0.2, -0.15) is 0 Å². The molecule has 0 aliphatic carbocycles. The van der Waals surface area contributed by atoms with Gasteiger partial charge in [-0.25, -0.2) is 4.79 Å². The number of hydrogen-bond acceptors (Lipinski definition) is 5. The number of carbonyl (C=O) groups is 3. The molecule has 0 spiro atoms. The summed E-state index contributed by atoms with van der Waals surface area (Å²) in [5.74, 6) is -1.40. The average molecular weight is 310 g/mol. The van der Waals surface area contributed by atoms with Gasteiger partial charge in [0.05, 0.1) is 0 Å². The quantitative estimate of drug-likeness (QED) is 0.843. The molecular formula is C14H18N2O4S. The van der Waals surface area contributed by atoms with Crippen molar-refractivity contribution in [3.63, 3.8) is 0 Å². The molecule has 2 amide bonds. The van der Waals surface area contributed by atoms with Crippen LogP contribution in [0.3, 0.4) is 0 Å². The Morgan fingerprint density at radius 2 is 2.19 bits per heavy atom. The van der Waals surface area contributed by atoms with Crippen LogP contribution in [-0.2, 0) is 14.3 Å². The molecule has 0 unspecified atom stereocenters. The van der Waals surface area contributed by atoms with E-state index in [-0.39, 0.29) is 12.5 Å². The first-order chi connectivity index (χ1) is 10.0. The maximum atomic E-state index is 12.1. The largest absolute Gasteiger partial charge is 0.451 e. The monoisotopic (exact) mass is 310 g/mol. The molecule has 1 aliphatic rings. The Bertz CT molecular complexity index is 555. The average Bonchev–Trinajstić information content (AvgIpc) is 2.90. The van der Waals surface area contributed by atoms with E-state index >= 15 is 0 Å². The van der Waals surface area contributed by atoms with Crippen LogP contribution >= 0.6 is 11.3 Å². The molecule has 1 saturated heterocycles. The van der Waals surface area contributed by atoms with Crippen LogP contribution in [-0.4, -0.2) is 41.9 Å². The highest BCUT2D eigenvalue weighted by Crippen LogP contribution is 2.18. The van der Waals surface area contributed by atoms with Crippen molar-refractivity contribution in [2.75, 3.05) is 13.2 Å². The zero-order chi connectivity index (χ0) is 15.4. The summed E-state index contributed by atoms with van der Waals surface area (Å²) in [6.07, 6.45) is 2.26. The molecule has 0 bridgehead atoms. The number of esters is 1. The molecule has 6 nitrogen and oxygen atoms in total. The molecule has 0 aromatic carbocycles. The molecule has 1 fully saturated rings. The highest BCUT2D eigenvalue weighted by molar-refractivity contribution is 7.12. The van der Waals surface area contributed by atoms with Gasteiger partial charge in [0.2, 0.25) is 5.91 Å². The number of nitrogens with two attached hydrogens (primary N) is 1. The number of hydrogen-bond donors (Lipinski definition) is 1. The molecule has 1 atom stereocenters. The smallest absolute Gasteiger partial charge is 0.349 e. The molecule has 0 saturated carbocycles. The minimum Gasteiger partial charge on any atom is -0.451 e. The number of aryl methyl sites for hydroxylation is 1. The zero-order valence-electron chi connectivity index (χ0n) is 11.8. The summed E-state index contributed by atoms with van der Waals surface area (Å²) in [7, 11) is 0. The lowest BCUT2D eigenvalue weighted by atomic mass is 10.0. The maximum absolute atomic E-state index is 12.1. The number of amides is 2. The summed E-state index contributed by atoms with van der Waals surface area (Å²) in [4.78, 5) is 37.2. The Morgan fingerprint density at radius 3 is 2.81 bits per heavy atom. The highest BCUT2D eigenvalue weighted by Gasteiger charge is 2.31. The van der Waals surface area contributed by atoms with Crippen molar-refractivity contribution in [2.24, 2.45) is 5.73 Å². The van der Waals surface area contributed by atoms with Crippen LogP contribution in [0.15, 0.2) is 11.4 Å². The van der Waals surface area contributed by atoms with Crippen molar-refractivity contribution >= 4 is 29.1 Å². The van der Waals surface area contributed by atoms with Crippen LogP contribution in [0, 0.1) is 6.92 Å². The minimum atomic E-state index is -0.589. The summed E-state index contributed by atoms with van der Waals surface area (Å²) >= 11 is 1.28. The van der Waals surface area contributed by atoms with Gasteiger partial charge in [-0.1, -0.05) is 0 Å². The van der Waals surface area contributed by atoms with Gasteiger partial charge < -0.3 is 15.4 Å². The second-order valence-corrected chi connectivity index (χ2v) is 5.93. The van der Waals surface area contributed by atoms with Gasteiger partial charge in [0.1, 0.15) is 10.9 Å². The van der Waals surface area contributed by atoms with Gasteiger partial charge in [-0.15, -0.1) is 11.3 Å². The Balaban J connectivity index is 1.93. The topological polar surface area (TPSA) is 89.7 Å². The number of rotatable bonds is 4. The molecule has 2 heterocycles. The van der Waals surface area contributed by atoms with Crippen LogP contribution in [0.4, 0.5) is 0 Å². The minimum absolute atomic E-state index is 0.361. The van der Waals surface area contributed by atoms with Gasteiger partial charge in [-0.3, -0.25) is 9.59 Å². The number of ether oxygens (including phenoxy) is 1. The first-order valence-electron chi connectivity index (χ1n) is 6.80. The Labute approximate surface area is 126 Å². The summed E-state index contributed by atoms with van der Waals surface area (Å²) < 4.78 is 5.04. The summed E-state index contributed by atoms with van der Waals surface area (Å²) in [6, 6.07) is 1.23. The Kier molecular flexibility index (Phi) is 4.95. The zero-order valence-corrected chi connectivity index (χ0v) is 12.6. The van der Waals surface area contributed by atoms with E-state index in [0.29, 0.717) is 17.8 Å². The number of piperidine rings is 1. The van der Waals surface area contributed by atoms with Crippen molar-refractivity contribution in [1.29, 1.82) is 0 Å².